The van der Waals surface area contributed by atoms with Crippen LogP contribution in [0.3, 0.4) is 0 Å². The van der Waals surface area contributed by atoms with Crippen LogP contribution in [0, 0.1) is 5.82 Å². The third-order valence-corrected chi connectivity index (χ3v) is 2.89. The molecular formula is C10H6BrFO3. The Morgan fingerprint density at radius 2 is 2.20 bits per heavy atom. The van der Waals surface area contributed by atoms with E-state index in [4.69, 9.17) is 5.11 Å². The van der Waals surface area contributed by atoms with Gasteiger partial charge in [-0.15, -0.1) is 0 Å². The van der Waals surface area contributed by atoms with Crippen LogP contribution in [-0.2, 0) is 4.79 Å². The molecule has 15 heavy (non-hydrogen) atoms. The van der Waals surface area contributed by atoms with Crippen LogP contribution < -0.4 is 0 Å². The van der Waals surface area contributed by atoms with Crippen LogP contribution >= 0.6 is 15.9 Å². The Kier molecular flexibility index (Phi) is 2.34. The first-order valence-corrected chi connectivity index (χ1v) is 5.05. The van der Waals surface area contributed by atoms with Gasteiger partial charge in [0.25, 0.3) is 0 Å². The van der Waals surface area contributed by atoms with Crippen LogP contribution in [0.15, 0.2) is 16.6 Å². The predicted molar refractivity (Wildman–Crippen MR) is 53.4 cm³/mol. The lowest BCUT2D eigenvalue weighted by Gasteiger charge is -2.06. The molecule has 2 rings (SSSR count). The lowest BCUT2D eigenvalue weighted by atomic mass is 10.0. The molecule has 0 amide bonds. The molecule has 78 valence electrons. The molecule has 0 unspecified atom stereocenters. The van der Waals surface area contributed by atoms with Crippen LogP contribution in [0.5, 0.6) is 0 Å². The first-order chi connectivity index (χ1) is 7.00. The SMILES string of the molecule is O=C1C[C@@H](C(=O)O)c2c(F)cc(Br)cc21. The molecule has 3 nitrogen and oxygen atoms in total. The van der Waals surface area contributed by atoms with Crippen molar-refractivity contribution >= 4 is 27.7 Å². The largest absolute Gasteiger partial charge is 0.481 e. The molecule has 0 saturated carbocycles. The molecule has 1 aliphatic carbocycles. The highest BCUT2D eigenvalue weighted by Gasteiger charge is 2.37. The summed E-state index contributed by atoms with van der Waals surface area (Å²) in [7, 11) is 0. The highest BCUT2D eigenvalue weighted by atomic mass is 79.9. The number of fused-ring (bicyclic) bond motifs is 1. The number of aliphatic carboxylic acids is 1. The summed E-state index contributed by atoms with van der Waals surface area (Å²) in [6.45, 7) is 0. The van der Waals surface area contributed by atoms with E-state index in [2.05, 4.69) is 15.9 Å². The van der Waals surface area contributed by atoms with Gasteiger partial charge < -0.3 is 5.11 Å². The molecule has 1 aromatic rings. The van der Waals surface area contributed by atoms with E-state index in [9.17, 15) is 14.0 Å². The average Bonchev–Trinajstić information content (AvgIpc) is 2.44. The van der Waals surface area contributed by atoms with E-state index in [0.29, 0.717) is 4.47 Å². The van der Waals surface area contributed by atoms with Crippen LogP contribution in [0.2, 0.25) is 0 Å². The minimum atomic E-state index is -1.16. The van der Waals surface area contributed by atoms with Crippen molar-refractivity contribution in [3.63, 3.8) is 0 Å². The van der Waals surface area contributed by atoms with E-state index in [1.807, 2.05) is 0 Å². The summed E-state index contributed by atoms with van der Waals surface area (Å²) >= 11 is 3.06. The summed E-state index contributed by atoms with van der Waals surface area (Å²) in [6, 6.07) is 2.64. The molecule has 0 heterocycles. The number of halogens is 2. The number of carbonyl (C=O) groups is 2. The topological polar surface area (TPSA) is 54.4 Å². The second kappa shape index (κ2) is 3.41. The smallest absolute Gasteiger partial charge is 0.311 e. The molecule has 0 fully saturated rings. The number of hydrogen-bond donors (Lipinski definition) is 1. The second-order valence-corrected chi connectivity index (χ2v) is 4.28. The number of ketones is 1. The van der Waals surface area contributed by atoms with Crippen LogP contribution in [0.4, 0.5) is 4.39 Å². The van der Waals surface area contributed by atoms with E-state index < -0.39 is 17.7 Å². The van der Waals surface area contributed by atoms with E-state index in [1.54, 1.807) is 0 Å². The Hall–Kier alpha value is -1.23. The molecule has 1 aromatic carbocycles. The van der Waals surface area contributed by atoms with Crippen molar-refractivity contribution < 1.29 is 19.1 Å². The van der Waals surface area contributed by atoms with Crippen molar-refractivity contribution in [2.45, 2.75) is 12.3 Å². The Balaban J connectivity index is 2.65. The summed E-state index contributed by atoms with van der Waals surface area (Å²) in [5.74, 6) is -3.17. The Labute approximate surface area is 93.0 Å². The number of carbonyl (C=O) groups excluding carboxylic acids is 1. The van der Waals surface area contributed by atoms with Gasteiger partial charge in [0.05, 0.1) is 5.92 Å². The number of carboxylic acids is 1. The van der Waals surface area contributed by atoms with Crippen LogP contribution in [0.25, 0.3) is 0 Å². The monoisotopic (exact) mass is 272 g/mol. The quantitative estimate of drug-likeness (QED) is 0.854. The maximum Gasteiger partial charge on any atom is 0.311 e. The van der Waals surface area contributed by atoms with Crippen molar-refractivity contribution in [3.05, 3.63) is 33.5 Å². The average molecular weight is 273 g/mol. The zero-order valence-electron chi connectivity index (χ0n) is 7.46. The molecule has 1 atom stereocenters. The van der Waals surface area contributed by atoms with Crippen molar-refractivity contribution in [1.82, 2.24) is 0 Å². The summed E-state index contributed by atoms with van der Waals surface area (Å²) in [6.07, 6.45) is -0.155. The number of hydrogen-bond acceptors (Lipinski definition) is 2. The lowest BCUT2D eigenvalue weighted by Crippen LogP contribution is -2.09. The van der Waals surface area contributed by atoms with Gasteiger partial charge in [-0.05, 0) is 12.1 Å². The third kappa shape index (κ3) is 1.56. The predicted octanol–water partition coefficient (Wildman–Crippen LogP) is 2.34. The summed E-state index contributed by atoms with van der Waals surface area (Å²) in [5, 5.41) is 8.84. The zero-order chi connectivity index (χ0) is 11.2. The van der Waals surface area contributed by atoms with Crippen LogP contribution in [-0.4, -0.2) is 16.9 Å². The van der Waals surface area contributed by atoms with Gasteiger partial charge in [-0.2, -0.15) is 0 Å². The molecule has 0 aliphatic heterocycles. The molecule has 0 radical (unpaired) electrons. The van der Waals surface area contributed by atoms with Crippen molar-refractivity contribution in [3.8, 4) is 0 Å². The zero-order valence-corrected chi connectivity index (χ0v) is 9.04. The third-order valence-electron chi connectivity index (χ3n) is 2.43. The van der Waals surface area contributed by atoms with Gasteiger partial charge in [0.2, 0.25) is 0 Å². The molecule has 5 heteroatoms. The van der Waals surface area contributed by atoms with Crippen molar-refractivity contribution in [2.75, 3.05) is 0 Å². The van der Waals surface area contributed by atoms with E-state index >= 15 is 0 Å². The minimum Gasteiger partial charge on any atom is -0.481 e. The first-order valence-electron chi connectivity index (χ1n) is 4.25. The maximum atomic E-state index is 13.5. The molecule has 0 spiro atoms. The van der Waals surface area contributed by atoms with E-state index in [1.165, 1.54) is 12.1 Å². The molecular weight excluding hydrogens is 267 g/mol. The van der Waals surface area contributed by atoms with E-state index in [0.717, 1.165) is 0 Å². The Morgan fingerprint density at radius 3 is 2.80 bits per heavy atom. The fourth-order valence-electron chi connectivity index (χ4n) is 1.78. The Morgan fingerprint density at radius 1 is 1.53 bits per heavy atom. The number of carboxylic acid groups (broad SMARTS) is 1. The van der Waals surface area contributed by atoms with Gasteiger partial charge in [0.15, 0.2) is 5.78 Å². The highest BCUT2D eigenvalue weighted by Crippen LogP contribution is 2.36. The van der Waals surface area contributed by atoms with Gasteiger partial charge >= 0.3 is 5.97 Å². The van der Waals surface area contributed by atoms with Crippen molar-refractivity contribution in [2.24, 2.45) is 0 Å². The van der Waals surface area contributed by atoms with Crippen molar-refractivity contribution in [1.29, 1.82) is 0 Å². The molecule has 0 aromatic heterocycles. The summed E-state index contributed by atoms with van der Waals surface area (Å²) in [5.41, 5.74) is 0.185. The van der Waals surface area contributed by atoms with Gasteiger partial charge in [-0.1, -0.05) is 15.9 Å². The molecule has 1 aliphatic rings. The lowest BCUT2D eigenvalue weighted by molar-refractivity contribution is -0.138. The fourth-order valence-corrected chi connectivity index (χ4v) is 2.21. The fraction of sp³-hybridized carbons (Fsp3) is 0.200. The minimum absolute atomic E-state index is 0.00991. The first kappa shape index (κ1) is 10.3. The van der Waals surface area contributed by atoms with Gasteiger partial charge in [-0.25, -0.2) is 4.39 Å². The number of rotatable bonds is 1. The summed E-state index contributed by atoms with van der Waals surface area (Å²) in [4.78, 5) is 22.3. The maximum absolute atomic E-state index is 13.5. The van der Waals surface area contributed by atoms with Crippen LogP contribution in [0.1, 0.15) is 28.3 Å². The summed E-state index contributed by atoms with van der Waals surface area (Å²) < 4.78 is 13.9. The normalized spacial score (nSPS) is 19.1. The van der Waals surface area contributed by atoms with Gasteiger partial charge in [-0.3, -0.25) is 9.59 Å². The van der Waals surface area contributed by atoms with Gasteiger partial charge in [0, 0.05) is 22.0 Å². The molecule has 1 N–H and O–H groups in total. The van der Waals surface area contributed by atoms with Gasteiger partial charge in [0.1, 0.15) is 5.82 Å². The van der Waals surface area contributed by atoms with E-state index in [-0.39, 0.29) is 23.3 Å². The Bertz CT molecular complexity index is 470. The molecule has 0 saturated heterocycles. The number of Topliss-reactive ketones (excluding diaryl/α,β-unsaturated/α-hetero) is 1. The number of benzene rings is 1. The molecule has 0 bridgehead atoms. The second-order valence-electron chi connectivity index (χ2n) is 3.37. The highest BCUT2D eigenvalue weighted by molar-refractivity contribution is 9.10. The standard InChI is InChI=1S/C10H6BrFO3/c11-4-1-5-8(13)3-6(10(14)15)9(5)7(12)2-4/h1-2,6H,3H2,(H,14,15)/t6-/m1/s1.